The van der Waals surface area contributed by atoms with Gasteiger partial charge >= 0.3 is 0 Å². The van der Waals surface area contributed by atoms with E-state index in [0.717, 1.165) is 57.4 Å². The lowest BCUT2D eigenvalue weighted by atomic mass is 9.82. The lowest BCUT2D eigenvalue weighted by Gasteiger charge is -2.27. The van der Waals surface area contributed by atoms with Gasteiger partial charge in [-0.15, -0.1) is 0 Å². The quantitative estimate of drug-likeness (QED) is 0.258. The number of nitrogens with one attached hydrogen (secondary N) is 1. The average molecular weight is 495 g/mol. The number of nitrogens with zero attached hydrogens (tertiary/aromatic N) is 1. The van der Waals surface area contributed by atoms with Crippen molar-refractivity contribution in [2.24, 2.45) is 0 Å². The molecule has 38 heavy (non-hydrogen) atoms. The Balaban J connectivity index is 1.40. The first-order valence-corrected chi connectivity index (χ1v) is 13.4. The third-order valence-electron chi connectivity index (χ3n) is 8.20. The van der Waals surface area contributed by atoms with Gasteiger partial charge in [-0.2, -0.15) is 0 Å². The number of rotatable bonds is 5. The second kappa shape index (κ2) is 8.81. The maximum atomic E-state index is 6.26. The Hall–Kier alpha value is -4.50. The first-order chi connectivity index (χ1) is 18.7. The third kappa shape index (κ3) is 3.50. The number of anilines is 4. The van der Waals surface area contributed by atoms with Crippen molar-refractivity contribution >= 4 is 44.7 Å². The molecule has 1 atom stereocenters. The molecule has 3 nitrogen and oxygen atoms in total. The molecule has 0 aliphatic carbocycles. The van der Waals surface area contributed by atoms with Crippen molar-refractivity contribution in [3.05, 3.63) is 121 Å². The van der Waals surface area contributed by atoms with Crippen molar-refractivity contribution in [2.75, 3.05) is 16.8 Å². The van der Waals surface area contributed by atoms with E-state index in [1.54, 1.807) is 0 Å². The first kappa shape index (κ1) is 22.7. The van der Waals surface area contributed by atoms with E-state index in [4.69, 9.17) is 4.42 Å². The molecular formula is C35H30N2O. The molecule has 0 amide bonds. The summed E-state index contributed by atoms with van der Waals surface area (Å²) in [5.74, 6) is 0. The summed E-state index contributed by atoms with van der Waals surface area (Å²) in [4.78, 5) is 2.48. The zero-order chi connectivity index (χ0) is 25.7. The van der Waals surface area contributed by atoms with Crippen LogP contribution in [0.25, 0.3) is 33.1 Å². The van der Waals surface area contributed by atoms with Gasteiger partial charge in [-0.25, -0.2) is 0 Å². The van der Waals surface area contributed by atoms with Crippen LogP contribution in [0.5, 0.6) is 0 Å². The molecule has 7 rings (SSSR count). The van der Waals surface area contributed by atoms with Crippen LogP contribution in [0.2, 0.25) is 0 Å². The molecule has 1 aliphatic heterocycles. The molecule has 0 saturated heterocycles. The van der Waals surface area contributed by atoms with Crippen LogP contribution in [-0.4, -0.2) is 6.54 Å². The van der Waals surface area contributed by atoms with Crippen LogP contribution in [0.3, 0.4) is 0 Å². The molecule has 1 aliphatic rings. The highest BCUT2D eigenvalue weighted by atomic mass is 16.3. The maximum absolute atomic E-state index is 6.26. The van der Waals surface area contributed by atoms with E-state index in [-0.39, 0.29) is 5.41 Å². The van der Waals surface area contributed by atoms with E-state index in [2.05, 4.69) is 127 Å². The minimum absolute atomic E-state index is 0.119. The Kier molecular flexibility index (Phi) is 5.26. The molecule has 0 radical (unpaired) electrons. The van der Waals surface area contributed by atoms with Crippen LogP contribution < -0.4 is 10.2 Å². The summed E-state index contributed by atoms with van der Waals surface area (Å²) in [5.41, 5.74) is 10.3. The van der Waals surface area contributed by atoms with E-state index in [1.807, 2.05) is 12.1 Å². The fourth-order valence-electron chi connectivity index (χ4n) is 6.04. The molecule has 0 bridgehead atoms. The van der Waals surface area contributed by atoms with Gasteiger partial charge in [0.05, 0.1) is 11.4 Å². The minimum Gasteiger partial charge on any atom is -0.456 e. The van der Waals surface area contributed by atoms with Crippen LogP contribution in [0.4, 0.5) is 22.7 Å². The second-order valence-electron chi connectivity index (χ2n) is 10.5. The number of furan rings is 1. The summed E-state index contributed by atoms with van der Waals surface area (Å²) < 4.78 is 6.26. The fraction of sp³-hybridized carbons (Fsp3) is 0.143. The molecule has 1 N–H and O–H groups in total. The van der Waals surface area contributed by atoms with Gasteiger partial charge in [-0.1, -0.05) is 92.7 Å². The number of benzene rings is 5. The lowest BCUT2D eigenvalue weighted by molar-refractivity contribution is 0.492. The summed E-state index contributed by atoms with van der Waals surface area (Å²) in [6.07, 6.45) is 1.10. The number of fused-ring (bicyclic) bond motifs is 4. The highest BCUT2D eigenvalue weighted by molar-refractivity contribution is 6.15. The van der Waals surface area contributed by atoms with E-state index in [1.165, 1.54) is 16.9 Å². The number of hydrogen-bond donors (Lipinski definition) is 1. The smallest absolute Gasteiger partial charge is 0.136 e. The average Bonchev–Trinajstić information content (AvgIpc) is 3.50. The molecule has 3 heteroatoms. The predicted molar refractivity (Wildman–Crippen MR) is 160 cm³/mol. The van der Waals surface area contributed by atoms with Gasteiger partial charge < -0.3 is 14.6 Å². The molecule has 1 aromatic heterocycles. The molecule has 5 aromatic carbocycles. The molecule has 0 saturated carbocycles. The topological polar surface area (TPSA) is 28.4 Å². The van der Waals surface area contributed by atoms with Crippen LogP contribution >= 0.6 is 0 Å². The van der Waals surface area contributed by atoms with Gasteiger partial charge in [0.1, 0.15) is 11.2 Å². The first-order valence-electron chi connectivity index (χ1n) is 13.4. The van der Waals surface area contributed by atoms with Gasteiger partial charge in [-0.05, 0) is 53.9 Å². The molecule has 1 unspecified atom stereocenters. The van der Waals surface area contributed by atoms with Gasteiger partial charge in [0.25, 0.3) is 0 Å². The maximum Gasteiger partial charge on any atom is 0.136 e. The normalized spacial score (nSPS) is 16.7. The summed E-state index contributed by atoms with van der Waals surface area (Å²) in [6, 6.07) is 40.7. The Morgan fingerprint density at radius 3 is 2.26 bits per heavy atom. The Morgan fingerprint density at radius 2 is 1.42 bits per heavy atom. The van der Waals surface area contributed by atoms with Crippen LogP contribution in [0.1, 0.15) is 25.8 Å². The third-order valence-corrected chi connectivity index (χ3v) is 8.20. The number of para-hydroxylation sites is 4. The van der Waals surface area contributed by atoms with Crippen LogP contribution in [0, 0.1) is 0 Å². The van der Waals surface area contributed by atoms with Crippen molar-refractivity contribution in [3.63, 3.8) is 0 Å². The highest BCUT2D eigenvalue weighted by Crippen LogP contribution is 2.49. The van der Waals surface area contributed by atoms with Gasteiger partial charge in [0, 0.05) is 39.7 Å². The van der Waals surface area contributed by atoms with Crippen LogP contribution in [-0.2, 0) is 5.41 Å². The van der Waals surface area contributed by atoms with Gasteiger partial charge in [0.15, 0.2) is 0 Å². The van der Waals surface area contributed by atoms with Crippen molar-refractivity contribution in [2.45, 2.75) is 25.7 Å². The Labute approximate surface area is 223 Å². The summed E-state index contributed by atoms with van der Waals surface area (Å²) >= 11 is 0. The molecule has 0 spiro atoms. The SMILES string of the molecule is CCC1(C)CN(c2ccccc2Nc2ccc3oc4ccccc4c3c2-c2ccccc2)c2ccccc21. The predicted octanol–water partition coefficient (Wildman–Crippen LogP) is 9.82. The van der Waals surface area contributed by atoms with Crippen LogP contribution in [0.15, 0.2) is 120 Å². The fourth-order valence-corrected chi connectivity index (χ4v) is 6.04. The van der Waals surface area contributed by atoms with Crippen molar-refractivity contribution in [1.29, 1.82) is 0 Å². The van der Waals surface area contributed by atoms with Crippen molar-refractivity contribution < 1.29 is 4.42 Å². The zero-order valence-electron chi connectivity index (χ0n) is 21.7. The molecule has 6 aromatic rings. The summed E-state index contributed by atoms with van der Waals surface area (Å²) in [7, 11) is 0. The number of hydrogen-bond acceptors (Lipinski definition) is 3. The summed E-state index contributed by atoms with van der Waals surface area (Å²) in [5, 5.41) is 6.12. The second-order valence-corrected chi connectivity index (χ2v) is 10.5. The lowest BCUT2D eigenvalue weighted by Crippen LogP contribution is -2.27. The van der Waals surface area contributed by atoms with Gasteiger partial charge in [-0.3, -0.25) is 0 Å². The standard InChI is InChI=1S/C35H30N2O/c1-3-35(2)23-37(29-18-10-8-16-26(29)35)30-19-11-9-17-27(30)36-28-21-22-32-34(25-15-7-12-20-31(25)38-32)33(28)24-13-5-4-6-14-24/h4-22,36H,3,23H2,1-2H3. The van der Waals surface area contributed by atoms with Crippen molar-refractivity contribution in [3.8, 4) is 11.1 Å². The minimum atomic E-state index is 0.119. The largest absolute Gasteiger partial charge is 0.456 e. The van der Waals surface area contributed by atoms with E-state index in [0.29, 0.717) is 0 Å². The highest BCUT2D eigenvalue weighted by Gasteiger charge is 2.38. The molecular weight excluding hydrogens is 464 g/mol. The van der Waals surface area contributed by atoms with E-state index in [9.17, 15) is 0 Å². The molecule has 0 fully saturated rings. The monoisotopic (exact) mass is 494 g/mol. The Bertz CT molecular complexity index is 1790. The van der Waals surface area contributed by atoms with E-state index >= 15 is 0 Å². The summed E-state index contributed by atoms with van der Waals surface area (Å²) in [6.45, 7) is 5.63. The van der Waals surface area contributed by atoms with Crippen molar-refractivity contribution in [1.82, 2.24) is 0 Å². The van der Waals surface area contributed by atoms with Gasteiger partial charge in [0.2, 0.25) is 0 Å². The Morgan fingerprint density at radius 1 is 0.711 bits per heavy atom. The molecule has 186 valence electrons. The van der Waals surface area contributed by atoms with E-state index < -0.39 is 0 Å². The zero-order valence-corrected chi connectivity index (χ0v) is 21.7. The molecule has 2 heterocycles.